The van der Waals surface area contributed by atoms with Crippen molar-refractivity contribution in [2.24, 2.45) is 11.7 Å². The van der Waals surface area contributed by atoms with Gasteiger partial charge in [-0.25, -0.2) is 0 Å². The Morgan fingerprint density at radius 3 is 2.82 bits per heavy atom. The van der Waals surface area contributed by atoms with E-state index in [0.717, 1.165) is 19.3 Å². The molecule has 66 valence electrons. The first-order chi connectivity index (χ1) is 5.24. The number of nitrogens with two attached hydrogens (primary N) is 1. The van der Waals surface area contributed by atoms with Crippen LogP contribution in [0, 0.1) is 5.92 Å². The molecule has 0 aliphatic heterocycles. The molecule has 0 amide bonds. The summed E-state index contributed by atoms with van der Waals surface area (Å²) in [5.74, 6) is 0.476. The molecule has 0 spiro atoms. The first kappa shape index (κ1) is 9.01. The minimum Gasteiger partial charge on any atom is -0.393 e. The quantitative estimate of drug-likeness (QED) is 0.634. The van der Waals surface area contributed by atoms with Crippen LogP contribution in [0.1, 0.15) is 39.0 Å². The summed E-state index contributed by atoms with van der Waals surface area (Å²) in [6.07, 6.45) is 5.30. The van der Waals surface area contributed by atoms with Gasteiger partial charge in [-0.15, -0.1) is 0 Å². The van der Waals surface area contributed by atoms with Crippen LogP contribution in [0.4, 0.5) is 0 Å². The molecule has 0 saturated heterocycles. The second-order valence-corrected chi connectivity index (χ2v) is 3.66. The third kappa shape index (κ3) is 2.46. The highest BCUT2D eigenvalue weighted by atomic mass is 16.3. The first-order valence-corrected chi connectivity index (χ1v) is 4.67. The molecule has 11 heavy (non-hydrogen) atoms. The molecule has 0 bridgehead atoms. The summed E-state index contributed by atoms with van der Waals surface area (Å²) >= 11 is 0. The Labute approximate surface area is 68.8 Å². The fourth-order valence-corrected chi connectivity index (χ4v) is 1.95. The van der Waals surface area contributed by atoms with Crippen molar-refractivity contribution in [3.05, 3.63) is 0 Å². The number of aliphatic hydroxyl groups excluding tert-OH is 1. The lowest BCUT2D eigenvalue weighted by molar-refractivity contribution is 0.0766. The molecule has 1 aliphatic rings. The average molecular weight is 157 g/mol. The molecular weight excluding hydrogens is 138 g/mol. The van der Waals surface area contributed by atoms with Gasteiger partial charge in [-0.2, -0.15) is 0 Å². The fourth-order valence-electron chi connectivity index (χ4n) is 1.95. The molecule has 0 radical (unpaired) electrons. The van der Waals surface area contributed by atoms with Crippen molar-refractivity contribution in [3.63, 3.8) is 0 Å². The van der Waals surface area contributed by atoms with E-state index < -0.39 is 0 Å². The van der Waals surface area contributed by atoms with E-state index in [-0.39, 0.29) is 6.10 Å². The van der Waals surface area contributed by atoms with Gasteiger partial charge in [-0.1, -0.05) is 13.3 Å². The van der Waals surface area contributed by atoms with E-state index in [1.54, 1.807) is 0 Å². The molecule has 3 atom stereocenters. The predicted molar refractivity (Wildman–Crippen MR) is 46.2 cm³/mol. The molecule has 2 heteroatoms. The van der Waals surface area contributed by atoms with Gasteiger partial charge in [-0.3, -0.25) is 0 Å². The highest BCUT2D eigenvalue weighted by Crippen LogP contribution is 2.26. The van der Waals surface area contributed by atoms with Gasteiger partial charge in [0.05, 0.1) is 6.10 Å². The zero-order valence-electron chi connectivity index (χ0n) is 7.29. The highest BCUT2D eigenvalue weighted by Gasteiger charge is 2.23. The highest BCUT2D eigenvalue weighted by molar-refractivity contribution is 4.78. The topological polar surface area (TPSA) is 46.2 Å². The summed E-state index contributed by atoms with van der Waals surface area (Å²) in [5.41, 5.74) is 5.81. The van der Waals surface area contributed by atoms with E-state index in [2.05, 4.69) is 0 Å². The number of hydrogen-bond donors (Lipinski definition) is 2. The number of hydrogen-bond acceptors (Lipinski definition) is 2. The lowest BCUT2D eigenvalue weighted by Gasteiger charge is -2.29. The van der Waals surface area contributed by atoms with E-state index in [1.807, 2.05) is 6.92 Å². The molecule has 0 aromatic rings. The Bertz CT molecular complexity index is 116. The molecule has 0 aromatic heterocycles. The van der Waals surface area contributed by atoms with Crippen LogP contribution in [-0.4, -0.2) is 17.3 Å². The molecule has 0 aromatic carbocycles. The summed E-state index contributed by atoms with van der Waals surface area (Å²) < 4.78 is 0. The molecular formula is C9H19NO. The van der Waals surface area contributed by atoms with Gasteiger partial charge in [0, 0.05) is 6.04 Å². The Hall–Kier alpha value is -0.0800. The predicted octanol–water partition coefficient (Wildman–Crippen LogP) is 1.27. The van der Waals surface area contributed by atoms with Crippen LogP contribution in [0.15, 0.2) is 0 Å². The first-order valence-electron chi connectivity index (χ1n) is 4.67. The van der Waals surface area contributed by atoms with Crippen LogP contribution in [0.3, 0.4) is 0 Å². The van der Waals surface area contributed by atoms with Gasteiger partial charge in [0.25, 0.3) is 0 Å². The Morgan fingerprint density at radius 1 is 1.55 bits per heavy atom. The molecule has 0 heterocycles. The lowest BCUT2D eigenvalue weighted by Crippen LogP contribution is -2.33. The van der Waals surface area contributed by atoms with Gasteiger partial charge < -0.3 is 10.8 Å². The fraction of sp³-hybridized carbons (Fsp3) is 1.00. The Kier molecular flexibility index (Phi) is 3.34. The minimum absolute atomic E-state index is 0.110. The van der Waals surface area contributed by atoms with Crippen LogP contribution in [0.2, 0.25) is 0 Å². The Morgan fingerprint density at radius 2 is 2.27 bits per heavy atom. The molecule has 1 saturated carbocycles. The van der Waals surface area contributed by atoms with Crippen LogP contribution in [0.25, 0.3) is 0 Å². The average Bonchev–Trinajstić information content (AvgIpc) is 2.03. The van der Waals surface area contributed by atoms with Gasteiger partial charge in [0.15, 0.2) is 0 Å². The van der Waals surface area contributed by atoms with Crippen molar-refractivity contribution in [2.75, 3.05) is 0 Å². The summed E-state index contributed by atoms with van der Waals surface area (Å²) in [6.45, 7) is 2.03. The standard InChI is InChI=1S/C9H19NO/c1-2-9(11)7-4-3-5-8(10)6-7/h7-9,11H,2-6,10H2,1H3. The van der Waals surface area contributed by atoms with Crippen LogP contribution in [-0.2, 0) is 0 Å². The summed E-state index contributed by atoms with van der Waals surface area (Å²) in [5, 5.41) is 9.54. The summed E-state index contributed by atoms with van der Waals surface area (Å²) in [6, 6.07) is 0.343. The normalized spacial score (nSPS) is 35.2. The second-order valence-electron chi connectivity index (χ2n) is 3.66. The van der Waals surface area contributed by atoms with Crippen molar-refractivity contribution < 1.29 is 5.11 Å². The maximum atomic E-state index is 9.54. The maximum absolute atomic E-state index is 9.54. The van der Waals surface area contributed by atoms with E-state index in [9.17, 15) is 5.11 Å². The SMILES string of the molecule is CCC(O)C1CCCC(N)C1. The molecule has 3 unspecified atom stereocenters. The smallest absolute Gasteiger partial charge is 0.0566 e. The maximum Gasteiger partial charge on any atom is 0.0566 e. The van der Waals surface area contributed by atoms with E-state index in [0.29, 0.717) is 12.0 Å². The van der Waals surface area contributed by atoms with Gasteiger partial charge in [-0.05, 0) is 31.6 Å². The van der Waals surface area contributed by atoms with Crippen LogP contribution in [0.5, 0.6) is 0 Å². The number of aliphatic hydroxyl groups is 1. The van der Waals surface area contributed by atoms with E-state index >= 15 is 0 Å². The van der Waals surface area contributed by atoms with Gasteiger partial charge in [0.2, 0.25) is 0 Å². The summed E-state index contributed by atoms with van der Waals surface area (Å²) in [4.78, 5) is 0. The largest absolute Gasteiger partial charge is 0.393 e. The second kappa shape index (κ2) is 4.07. The van der Waals surface area contributed by atoms with Crippen molar-refractivity contribution in [2.45, 2.75) is 51.2 Å². The molecule has 2 nitrogen and oxygen atoms in total. The monoisotopic (exact) mass is 157 g/mol. The Balaban J connectivity index is 2.33. The molecule has 1 rings (SSSR count). The molecule has 1 aliphatic carbocycles. The van der Waals surface area contributed by atoms with E-state index in [4.69, 9.17) is 5.73 Å². The van der Waals surface area contributed by atoms with Crippen molar-refractivity contribution in [3.8, 4) is 0 Å². The van der Waals surface area contributed by atoms with Crippen LogP contribution < -0.4 is 5.73 Å². The molecule has 3 N–H and O–H groups in total. The minimum atomic E-state index is -0.110. The van der Waals surface area contributed by atoms with Crippen LogP contribution >= 0.6 is 0 Å². The summed E-state index contributed by atoms with van der Waals surface area (Å²) in [7, 11) is 0. The van der Waals surface area contributed by atoms with E-state index in [1.165, 1.54) is 12.8 Å². The van der Waals surface area contributed by atoms with Crippen molar-refractivity contribution in [1.29, 1.82) is 0 Å². The third-order valence-corrected chi connectivity index (χ3v) is 2.72. The third-order valence-electron chi connectivity index (χ3n) is 2.72. The lowest BCUT2D eigenvalue weighted by atomic mass is 9.82. The van der Waals surface area contributed by atoms with Gasteiger partial charge >= 0.3 is 0 Å². The van der Waals surface area contributed by atoms with Crippen molar-refractivity contribution in [1.82, 2.24) is 0 Å². The zero-order valence-corrected chi connectivity index (χ0v) is 7.29. The number of rotatable bonds is 2. The van der Waals surface area contributed by atoms with Gasteiger partial charge in [0.1, 0.15) is 0 Å². The molecule has 1 fully saturated rings. The van der Waals surface area contributed by atoms with Crippen molar-refractivity contribution >= 4 is 0 Å². The zero-order chi connectivity index (χ0) is 8.27.